The third-order valence-corrected chi connectivity index (χ3v) is 2.71. The number of rotatable bonds is 8. The molecule has 0 spiro atoms. The Bertz CT molecular complexity index is 434. The summed E-state index contributed by atoms with van der Waals surface area (Å²) in [6.45, 7) is 4.84. The lowest BCUT2D eigenvalue weighted by molar-refractivity contribution is -0.137. The molecule has 0 heterocycles. The van der Waals surface area contributed by atoms with Crippen molar-refractivity contribution < 1.29 is 19.4 Å². The summed E-state index contributed by atoms with van der Waals surface area (Å²) < 4.78 is 10.3. The fraction of sp³-hybridized carbons (Fsp3) is 0.438. The van der Waals surface area contributed by atoms with Gasteiger partial charge in [-0.15, -0.1) is 0 Å². The summed E-state index contributed by atoms with van der Waals surface area (Å²) in [6, 6.07) is 6.97. The van der Waals surface area contributed by atoms with Crippen LogP contribution in [-0.4, -0.2) is 24.3 Å². The zero-order valence-corrected chi connectivity index (χ0v) is 12.1. The number of hydrogen-bond donors (Lipinski definition) is 1. The minimum absolute atomic E-state index is 0.110. The molecule has 0 atom stereocenters. The van der Waals surface area contributed by atoms with Crippen LogP contribution >= 0.6 is 0 Å². The molecule has 4 heteroatoms. The van der Waals surface area contributed by atoms with E-state index in [1.165, 1.54) is 0 Å². The molecular formula is C16H22O4. The van der Waals surface area contributed by atoms with Gasteiger partial charge in [0, 0.05) is 5.56 Å². The molecule has 1 rings (SSSR count). The highest BCUT2D eigenvalue weighted by Gasteiger charge is 2.04. The van der Waals surface area contributed by atoms with Gasteiger partial charge in [0.05, 0.1) is 19.3 Å². The SMILES string of the molecule is CCCCCOc1ccc(/C(O)=C\C(=O)OCC)cc1. The third kappa shape index (κ3) is 5.78. The van der Waals surface area contributed by atoms with Gasteiger partial charge in [-0.25, -0.2) is 4.79 Å². The number of unbranched alkanes of at least 4 members (excludes halogenated alkanes) is 2. The summed E-state index contributed by atoms with van der Waals surface area (Å²) in [6.07, 6.45) is 4.42. The normalized spacial score (nSPS) is 11.2. The second kappa shape index (κ2) is 9.02. The molecule has 0 radical (unpaired) electrons. The van der Waals surface area contributed by atoms with E-state index in [9.17, 15) is 9.90 Å². The van der Waals surface area contributed by atoms with Crippen molar-refractivity contribution in [2.24, 2.45) is 0 Å². The molecule has 4 nitrogen and oxygen atoms in total. The Kier molecular flexibility index (Phi) is 7.25. The van der Waals surface area contributed by atoms with Crippen molar-refractivity contribution in [1.29, 1.82) is 0 Å². The average Bonchev–Trinajstić information content (AvgIpc) is 2.44. The zero-order valence-electron chi connectivity index (χ0n) is 12.1. The first-order chi connectivity index (χ1) is 9.67. The lowest BCUT2D eigenvalue weighted by atomic mass is 10.1. The highest BCUT2D eigenvalue weighted by atomic mass is 16.5. The molecule has 0 aliphatic carbocycles. The minimum Gasteiger partial charge on any atom is -0.507 e. The number of aliphatic hydroxyl groups is 1. The second-order valence-corrected chi connectivity index (χ2v) is 4.36. The van der Waals surface area contributed by atoms with Crippen LogP contribution in [0.25, 0.3) is 5.76 Å². The van der Waals surface area contributed by atoms with Gasteiger partial charge in [-0.2, -0.15) is 0 Å². The van der Waals surface area contributed by atoms with E-state index in [0.29, 0.717) is 12.2 Å². The highest BCUT2D eigenvalue weighted by molar-refractivity contribution is 5.89. The number of benzene rings is 1. The van der Waals surface area contributed by atoms with Gasteiger partial charge in [-0.1, -0.05) is 19.8 Å². The maximum absolute atomic E-state index is 11.2. The van der Waals surface area contributed by atoms with E-state index in [-0.39, 0.29) is 12.4 Å². The number of carbonyl (C=O) groups excluding carboxylic acids is 1. The van der Waals surface area contributed by atoms with Crippen LogP contribution in [0.3, 0.4) is 0 Å². The first kappa shape index (κ1) is 16.1. The molecule has 0 fully saturated rings. The van der Waals surface area contributed by atoms with Crippen LogP contribution in [0, 0.1) is 0 Å². The lowest BCUT2D eigenvalue weighted by Gasteiger charge is -2.06. The average molecular weight is 278 g/mol. The van der Waals surface area contributed by atoms with Crippen molar-refractivity contribution in [3.8, 4) is 5.75 Å². The highest BCUT2D eigenvalue weighted by Crippen LogP contribution is 2.17. The van der Waals surface area contributed by atoms with Crippen molar-refractivity contribution in [2.75, 3.05) is 13.2 Å². The summed E-state index contributed by atoms with van der Waals surface area (Å²) in [5.74, 6) is 0.0969. The number of ether oxygens (including phenoxy) is 2. The predicted octanol–water partition coefficient (Wildman–Crippen LogP) is 3.72. The zero-order chi connectivity index (χ0) is 14.8. The Morgan fingerprint density at radius 1 is 1.20 bits per heavy atom. The molecule has 1 N–H and O–H groups in total. The van der Waals surface area contributed by atoms with Gasteiger partial charge >= 0.3 is 5.97 Å². The van der Waals surface area contributed by atoms with E-state index in [1.54, 1.807) is 31.2 Å². The van der Waals surface area contributed by atoms with Crippen LogP contribution in [0.4, 0.5) is 0 Å². The van der Waals surface area contributed by atoms with E-state index < -0.39 is 5.97 Å². The smallest absolute Gasteiger partial charge is 0.334 e. The largest absolute Gasteiger partial charge is 0.507 e. The Morgan fingerprint density at radius 3 is 2.50 bits per heavy atom. The third-order valence-electron chi connectivity index (χ3n) is 2.71. The fourth-order valence-corrected chi connectivity index (χ4v) is 1.64. The lowest BCUT2D eigenvalue weighted by Crippen LogP contribution is -2.01. The van der Waals surface area contributed by atoms with Gasteiger partial charge in [-0.3, -0.25) is 0 Å². The molecule has 110 valence electrons. The second-order valence-electron chi connectivity index (χ2n) is 4.36. The molecule has 0 unspecified atom stereocenters. The van der Waals surface area contributed by atoms with Gasteiger partial charge in [0.1, 0.15) is 11.5 Å². The van der Waals surface area contributed by atoms with Crippen molar-refractivity contribution >= 4 is 11.7 Å². The van der Waals surface area contributed by atoms with E-state index in [2.05, 4.69) is 6.92 Å². The summed E-state index contributed by atoms with van der Waals surface area (Å²) in [5, 5.41) is 9.77. The topological polar surface area (TPSA) is 55.8 Å². The van der Waals surface area contributed by atoms with Crippen LogP contribution < -0.4 is 4.74 Å². The molecule has 1 aromatic carbocycles. The number of carbonyl (C=O) groups is 1. The monoisotopic (exact) mass is 278 g/mol. The van der Waals surface area contributed by atoms with Crippen molar-refractivity contribution in [1.82, 2.24) is 0 Å². The van der Waals surface area contributed by atoms with Crippen LogP contribution in [0.2, 0.25) is 0 Å². The maximum Gasteiger partial charge on any atom is 0.334 e. The van der Waals surface area contributed by atoms with Crippen LogP contribution in [-0.2, 0) is 9.53 Å². The predicted molar refractivity (Wildman–Crippen MR) is 78.7 cm³/mol. The Hall–Kier alpha value is -1.97. The van der Waals surface area contributed by atoms with Crippen molar-refractivity contribution in [3.05, 3.63) is 35.9 Å². The van der Waals surface area contributed by atoms with E-state index in [0.717, 1.165) is 31.1 Å². The number of aliphatic hydroxyl groups excluding tert-OH is 1. The first-order valence-corrected chi connectivity index (χ1v) is 6.98. The molecule has 0 aliphatic heterocycles. The molecule has 1 aromatic rings. The quantitative estimate of drug-likeness (QED) is 0.341. The molecular weight excluding hydrogens is 256 g/mol. The summed E-state index contributed by atoms with van der Waals surface area (Å²) >= 11 is 0. The van der Waals surface area contributed by atoms with Gasteiger partial charge in [0.2, 0.25) is 0 Å². The van der Waals surface area contributed by atoms with Crippen LogP contribution in [0.15, 0.2) is 30.3 Å². The van der Waals surface area contributed by atoms with Gasteiger partial charge in [0.15, 0.2) is 0 Å². The van der Waals surface area contributed by atoms with Crippen molar-refractivity contribution in [3.63, 3.8) is 0 Å². The van der Waals surface area contributed by atoms with Gasteiger partial charge in [-0.05, 0) is 37.6 Å². The van der Waals surface area contributed by atoms with Crippen molar-refractivity contribution in [2.45, 2.75) is 33.1 Å². The van der Waals surface area contributed by atoms with E-state index >= 15 is 0 Å². The van der Waals surface area contributed by atoms with Gasteiger partial charge < -0.3 is 14.6 Å². The molecule has 0 saturated heterocycles. The maximum atomic E-state index is 11.2. The number of hydrogen-bond acceptors (Lipinski definition) is 4. The molecule has 0 aromatic heterocycles. The fourth-order valence-electron chi connectivity index (χ4n) is 1.64. The van der Waals surface area contributed by atoms with Gasteiger partial charge in [0.25, 0.3) is 0 Å². The summed E-state index contributed by atoms with van der Waals surface area (Å²) in [4.78, 5) is 11.2. The molecule has 0 bridgehead atoms. The Balaban J connectivity index is 2.55. The standard InChI is InChI=1S/C16H22O4/c1-3-5-6-11-20-14-9-7-13(8-10-14)15(17)12-16(18)19-4-2/h7-10,12,17H,3-6,11H2,1-2H3/b15-12+. The van der Waals surface area contributed by atoms with E-state index in [1.807, 2.05) is 0 Å². The summed E-state index contributed by atoms with van der Waals surface area (Å²) in [5.41, 5.74) is 0.555. The molecule has 20 heavy (non-hydrogen) atoms. The summed E-state index contributed by atoms with van der Waals surface area (Å²) in [7, 11) is 0. The van der Waals surface area contributed by atoms with E-state index in [4.69, 9.17) is 9.47 Å². The van der Waals surface area contributed by atoms with Crippen LogP contribution in [0.1, 0.15) is 38.7 Å². The molecule has 0 amide bonds. The number of esters is 1. The molecule has 0 saturated carbocycles. The minimum atomic E-state index is -0.551. The first-order valence-electron chi connectivity index (χ1n) is 6.98. The van der Waals surface area contributed by atoms with Crippen LogP contribution in [0.5, 0.6) is 5.75 Å². The Morgan fingerprint density at radius 2 is 1.90 bits per heavy atom. The Labute approximate surface area is 120 Å². The molecule has 0 aliphatic rings.